The number of ether oxygens (including phenoxy) is 1. The molecule has 0 bridgehead atoms. The Bertz CT molecular complexity index is 1040. The predicted molar refractivity (Wildman–Crippen MR) is 110 cm³/mol. The van der Waals surface area contributed by atoms with Crippen LogP contribution in [0.15, 0.2) is 28.6 Å². The van der Waals surface area contributed by atoms with Crippen molar-refractivity contribution in [3.05, 3.63) is 34.3 Å². The Labute approximate surface area is 181 Å². The average molecular weight is 449 g/mol. The molecule has 4 aliphatic rings. The fourth-order valence-corrected chi connectivity index (χ4v) is 5.51. The van der Waals surface area contributed by atoms with E-state index < -0.39 is 17.7 Å². The van der Waals surface area contributed by atoms with E-state index in [1.54, 1.807) is 14.0 Å². The van der Waals surface area contributed by atoms with Crippen LogP contribution in [0.3, 0.4) is 0 Å². The highest BCUT2D eigenvalue weighted by Crippen LogP contribution is 2.55. The number of carboxylic acid groups (broad SMARTS) is 1. The van der Waals surface area contributed by atoms with E-state index in [1.807, 2.05) is 17.9 Å². The number of rotatable bonds is 4. The first-order chi connectivity index (χ1) is 14.7. The van der Waals surface area contributed by atoms with Crippen LogP contribution < -0.4 is 16.4 Å². The van der Waals surface area contributed by atoms with Gasteiger partial charge in [-0.2, -0.15) is 4.37 Å². The lowest BCUT2D eigenvalue weighted by Gasteiger charge is -2.39. The molecule has 4 heterocycles. The van der Waals surface area contributed by atoms with Gasteiger partial charge in [-0.05, 0) is 31.4 Å². The summed E-state index contributed by atoms with van der Waals surface area (Å²) in [4.78, 5) is 37.3. The summed E-state index contributed by atoms with van der Waals surface area (Å²) in [6, 6.07) is 2.06. The second-order valence-corrected chi connectivity index (χ2v) is 8.57. The van der Waals surface area contributed by atoms with Crippen LogP contribution in [0.5, 0.6) is 0 Å². The molecule has 4 atom stereocenters. The Kier molecular flexibility index (Phi) is 5.12. The fourth-order valence-electron chi connectivity index (χ4n) is 4.84. The number of nitrogens with one attached hydrogen (secondary N) is 2. The van der Waals surface area contributed by atoms with Crippen LogP contribution in [0.1, 0.15) is 12.6 Å². The van der Waals surface area contributed by atoms with Crippen LogP contribution in [0, 0.1) is 12.8 Å². The maximum absolute atomic E-state index is 13.4. The number of anilines is 1. The number of ketones is 2. The maximum atomic E-state index is 13.4. The Hall–Kier alpha value is -2.80. The minimum atomic E-state index is -1.33. The van der Waals surface area contributed by atoms with Gasteiger partial charge in [-0.25, -0.2) is 4.79 Å². The molecule has 31 heavy (non-hydrogen) atoms. The van der Waals surface area contributed by atoms with Crippen molar-refractivity contribution >= 4 is 34.2 Å². The molecule has 12 heteroatoms. The third kappa shape index (κ3) is 3.05. The summed E-state index contributed by atoms with van der Waals surface area (Å²) in [6.07, 6.45) is -1.33. The Balaban J connectivity index is 0.000000535. The summed E-state index contributed by atoms with van der Waals surface area (Å²) in [5.41, 5.74) is 5.36. The van der Waals surface area contributed by atoms with E-state index in [0.717, 1.165) is 5.69 Å². The van der Waals surface area contributed by atoms with Crippen molar-refractivity contribution in [3.8, 4) is 0 Å². The number of hydrogen-bond acceptors (Lipinski definition) is 10. The molecule has 2 fully saturated rings. The number of aliphatic hydroxyl groups excluding tert-OH is 1. The quantitative estimate of drug-likeness (QED) is 0.305. The minimum absolute atomic E-state index is 0.00621. The zero-order chi connectivity index (χ0) is 22.7. The third-order valence-electron chi connectivity index (χ3n) is 6.09. The first-order valence-corrected chi connectivity index (χ1v) is 10.4. The molecule has 4 unspecified atom stereocenters. The predicted octanol–water partition coefficient (Wildman–Crippen LogP) is -0.213. The number of aryl methyl sites for hydroxylation is 1. The van der Waals surface area contributed by atoms with Gasteiger partial charge < -0.3 is 36.2 Å². The summed E-state index contributed by atoms with van der Waals surface area (Å²) >= 11 is 1.24. The standard InChI is InChI=1S/C18H20N4O4S.CH3NO2/c1-7-4-11(27-21-7)20-13-8(2)15(24)14-12(16(13)25)9(6-23)18(26-3)17-10(19-17)5-22(14)18;2-1(3)4/h4,9-10,17,19-20,23H,5-6H2,1-3H3;2H2,(H,3,4). The lowest BCUT2D eigenvalue weighted by molar-refractivity contribution is -0.137. The number of aliphatic hydroxyl groups is 1. The lowest BCUT2D eigenvalue weighted by atomic mass is 9.82. The van der Waals surface area contributed by atoms with Crippen LogP contribution in [0.4, 0.5) is 9.80 Å². The number of allylic oxidation sites excluding steroid dienone is 2. The molecular weight excluding hydrogens is 426 g/mol. The molecule has 1 aliphatic carbocycles. The third-order valence-corrected chi connectivity index (χ3v) is 6.89. The number of amides is 1. The second-order valence-electron chi connectivity index (χ2n) is 7.77. The highest BCUT2D eigenvalue weighted by molar-refractivity contribution is 7.10. The molecule has 1 aromatic heterocycles. The summed E-state index contributed by atoms with van der Waals surface area (Å²) < 4.78 is 10.1. The van der Waals surface area contributed by atoms with Crippen molar-refractivity contribution in [1.82, 2.24) is 14.6 Å². The van der Waals surface area contributed by atoms with E-state index in [1.165, 1.54) is 11.5 Å². The first-order valence-electron chi connectivity index (χ1n) is 9.60. The van der Waals surface area contributed by atoms with Gasteiger partial charge in [-0.3, -0.25) is 9.59 Å². The van der Waals surface area contributed by atoms with Crippen molar-refractivity contribution in [3.63, 3.8) is 0 Å². The van der Waals surface area contributed by atoms with Gasteiger partial charge in [0.15, 0.2) is 5.72 Å². The van der Waals surface area contributed by atoms with Crippen LogP contribution in [-0.2, 0) is 14.3 Å². The number of aromatic nitrogens is 1. The number of methoxy groups -OCH3 is 1. The van der Waals surface area contributed by atoms with Crippen molar-refractivity contribution in [2.75, 3.05) is 25.6 Å². The summed E-state index contributed by atoms with van der Waals surface area (Å²) in [5, 5.41) is 24.5. The number of nitrogens with zero attached hydrogens (tertiary/aromatic N) is 2. The number of nitrogens with two attached hydrogens (primary N) is 1. The zero-order valence-corrected chi connectivity index (χ0v) is 17.9. The zero-order valence-electron chi connectivity index (χ0n) is 17.1. The molecule has 2 saturated heterocycles. The monoisotopic (exact) mass is 449 g/mol. The Morgan fingerprint density at radius 2 is 2.13 bits per heavy atom. The number of primary amides is 1. The minimum Gasteiger partial charge on any atom is -0.465 e. The number of carbonyl (C=O) groups excluding carboxylic acids is 2. The highest BCUT2D eigenvalue weighted by Gasteiger charge is 2.72. The van der Waals surface area contributed by atoms with Gasteiger partial charge >= 0.3 is 6.09 Å². The van der Waals surface area contributed by atoms with E-state index in [0.29, 0.717) is 28.4 Å². The Morgan fingerprint density at radius 3 is 2.68 bits per heavy atom. The van der Waals surface area contributed by atoms with Crippen LogP contribution in [0.2, 0.25) is 0 Å². The van der Waals surface area contributed by atoms with Gasteiger partial charge in [0.2, 0.25) is 11.6 Å². The van der Waals surface area contributed by atoms with Crippen molar-refractivity contribution in [1.29, 1.82) is 0 Å². The molecular formula is C19H23N5O6S. The maximum Gasteiger partial charge on any atom is 0.402 e. The van der Waals surface area contributed by atoms with E-state index in [-0.39, 0.29) is 36.0 Å². The van der Waals surface area contributed by atoms with Gasteiger partial charge in [-0.15, -0.1) is 0 Å². The number of piperazine rings is 1. The molecule has 3 aliphatic heterocycles. The topological polar surface area (TPSA) is 177 Å². The van der Waals surface area contributed by atoms with E-state index in [4.69, 9.17) is 14.6 Å². The largest absolute Gasteiger partial charge is 0.465 e. The Morgan fingerprint density at radius 1 is 1.45 bits per heavy atom. The van der Waals surface area contributed by atoms with E-state index in [2.05, 4.69) is 20.7 Å². The van der Waals surface area contributed by atoms with Crippen LogP contribution >= 0.6 is 11.5 Å². The second kappa shape index (κ2) is 7.41. The van der Waals surface area contributed by atoms with Gasteiger partial charge in [0, 0.05) is 30.8 Å². The SMILES string of the molecule is COC12C(CO)C3=C(C(=O)C(C)=C(Nc4cc(C)ns4)C3=O)N1CC1NC12.NC(=O)O. The molecule has 11 nitrogen and oxygen atoms in total. The van der Waals surface area contributed by atoms with Crippen LogP contribution in [-0.4, -0.2) is 75.2 Å². The van der Waals surface area contributed by atoms with Gasteiger partial charge in [0.1, 0.15) is 5.00 Å². The average Bonchev–Trinajstić information content (AvgIpc) is 3.11. The number of carbonyl (C=O) groups is 3. The van der Waals surface area contributed by atoms with Gasteiger partial charge in [0.05, 0.1) is 35.7 Å². The van der Waals surface area contributed by atoms with Crippen LogP contribution in [0.25, 0.3) is 0 Å². The van der Waals surface area contributed by atoms with Gasteiger partial charge in [-0.1, -0.05) is 0 Å². The molecule has 1 amide bonds. The fraction of sp³-hybridized carbons (Fsp3) is 0.474. The molecule has 0 aromatic carbocycles. The van der Waals surface area contributed by atoms with E-state index in [9.17, 15) is 14.7 Å². The number of hydrogen-bond donors (Lipinski definition) is 5. The van der Waals surface area contributed by atoms with Crippen molar-refractivity contribution in [2.24, 2.45) is 11.7 Å². The molecule has 1 aromatic rings. The molecule has 0 radical (unpaired) electrons. The van der Waals surface area contributed by atoms with E-state index >= 15 is 0 Å². The molecule has 6 N–H and O–H groups in total. The molecule has 166 valence electrons. The molecule has 0 spiro atoms. The summed E-state index contributed by atoms with van der Waals surface area (Å²) in [7, 11) is 1.57. The van der Waals surface area contributed by atoms with Crippen molar-refractivity contribution < 1.29 is 29.3 Å². The lowest BCUT2D eigenvalue weighted by Crippen LogP contribution is -2.54. The first kappa shape index (κ1) is 21.4. The van der Waals surface area contributed by atoms with Gasteiger partial charge in [0.25, 0.3) is 0 Å². The normalized spacial score (nSPS) is 30.6. The highest BCUT2D eigenvalue weighted by atomic mass is 32.1. The smallest absolute Gasteiger partial charge is 0.402 e. The van der Waals surface area contributed by atoms with Crippen molar-refractivity contribution in [2.45, 2.75) is 31.7 Å². The summed E-state index contributed by atoms with van der Waals surface area (Å²) in [6.45, 7) is 3.86. The number of fused-ring (bicyclic) bond motifs is 4. The number of Topliss-reactive ketones (excluding diaryl/α,β-unsaturated/α-hetero) is 2. The molecule has 5 rings (SSSR count). The molecule has 0 saturated carbocycles. The summed E-state index contributed by atoms with van der Waals surface area (Å²) in [5.74, 6) is -1.02.